The fourth-order valence-electron chi connectivity index (χ4n) is 3.99. The van der Waals surface area contributed by atoms with E-state index < -0.39 is 23.7 Å². The quantitative estimate of drug-likeness (QED) is 0.697. The lowest BCUT2D eigenvalue weighted by molar-refractivity contribution is -0.141. The van der Waals surface area contributed by atoms with Crippen molar-refractivity contribution in [3.8, 4) is 11.1 Å². The van der Waals surface area contributed by atoms with Gasteiger partial charge in [0.1, 0.15) is 12.6 Å². The van der Waals surface area contributed by atoms with Crippen LogP contribution in [0.25, 0.3) is 11.1 Å². The third-order valence-corrected chi connectivity index (χ3v) is 5.06. The standard InChI is InChI=1S/C24H29NO5/c1-15(30-24(2,3)4)13-21(22(26)27)25-23(28)29-14-20-18-11-7-5-9-16(18)17-10-6-8-12-19(17)20/h5-12,15,20-21H,13-14H2,1-4H3,(H,25,28)(H,26,27)/t15-,21+/m1/s1. The molecule has 1 aliphatic carbocycles. The molecule has 0 fully saturated rings. The maximum absolute atomic E-state index is 12.4. The van der Waals surface area contributed by atoms with Crippen molar-refractivity contribution in [1.82, 2.24) is 5.32 Å². The predicted molar refractivity (Wildman–Crippen MR) is 115 cm³/mol. The molecule has 0 aromatic heterocycles. The van der Waals surface area contributed by atoms with Crippen molar-refractivity contribution in [3.05, 3.63) is 59.7 Å². The van der Waals surface area contributed by atoms with E-state index in [1.165, 1.54) is 0 Å². The molecule has 3 rings (SSSR count). The number of alkyl carbamates (subject to hydrolysis) is 1. The topological polar surface area (TPSA) is 84.9 Å². The summed E-state index contributed by atoms with van der Waals surface area (Å²) in [4.78, 5) is 24.0. The van der Waals surface area contributed by atoms with Gasteiger partial charge >= 0.3 is 12.1 Å². The molecule has 2 aromatic carbocycles. The molecule has 2 atom stereocenters. The number of aliphatic carboxylic acids is 1. The number of carboxylic acid groups (broad SMARTS) is 1. The average Bonchev–Trinajstić information content (AvgIpc) is 2.98. The van der Waals surface area contributed by atoms with Crippen LogP contribution in [0.5, 0.6) is 0 Å². The van der Waals surface area contributed by atoms with Gasteiger partial charge in [-0.2, -0.15) is 0 Å². The lowest BCUT2D eigenvalue weighted by Gasteiger charge is -2.27. The molecule has 6 heteroatoms. The van der Waals surface area contributed by atoms with Crippen molar-refractivity contribution in [2.75, 3.05) is 6.61 Å². The molecule has 6 nitrogen and oxygen atoms in total. The Bertz CT molecular complexity index is 872. The number of rotatable bonds is 7. The number of hydrogen-bond donors (Lipinski definition) is 2. The summed E-state index contributed by atoms with van der Waals surface area (Å²) >= 11 is 0. The highest BCUT2D eigenvalue weighted by Gasteiger charge is 2.30. The summed E-state index contributed by atoms with van der Waals surface area (Å²) in [6.07, 6.45) is -0.927. The molecule has 2 aromatic rings. The van der Waals surface area contributed by atoms with Crippen LogP contribution in [0, 0.1) is 0 Å². The first-order valence-electron chi connectivity index (χ1n) is 10.2. The number of hydrogen-bond acceptors (Lipinski definition) is 4. The average molecular weight is 411 g/mol. The fourth-order valence-corrected chi connectivity index (χ4v) is 3.99. The van der Waals surface area contributed by atoms with Crippen LogP contribution in [-0.2, 0) is 14.3 Å². The summed E-state index contributed by atoms with van der Waals surface area (Å²) in [5.41, 5.74) is 4.09. The lowest BCUT2D eigenvalue weighted by atomic mass is 9.98. The van der Waals surface area contributed by atoms with E-state index in [-0.39, 0.29) is 25.0 Å². The summed E-state index contributed by atoms with van der Waals surface area (Å²) in [7, 11) is 0. The van der Waals surface area contributed by atoms with Gasteiger partial charge in [0.2, 0.25) is 0 Å². The fraction of sp³-hybridized carbons (Fsp3) is 0.417. The van der Waals surface area contributed by atoms with Gasteiger partial charge in [-0.3, -0.25) is 0 Å². The molecule has 0 aliphatic heterocycles. The molecule has 0 unspecified atom stereocenters. The second-order valence-corrected chi connectivity index (χ2v) is 8.64. The van der Waals surface area contributed by atoms with Crippen LogP contribution in [0.2, 0.25) is 0 Å². The Morgan fingerprint density at radius 2 is 1.57 bits per heavy atom. The minimum absolute atomic E-state index is 0.0745. The zero-order valence-electron chi connectivity index (χ0n) is 17.8. The summed E-state index contributed by atoms with van der Waals surface area (Å²) in [6, 6.07) is 15.0. The molecular weight excluding hydrogens is 382 g/mol. The first-order chi connectivity index (χ1) is 14.2. The number of nitrogens with one attached hydrogen (secondary N) is 1. The molecule has 0 radical (unpaired) electrons. The molecule has 0 bridgehead atoms. The first-order valence-corrected chi connectivity index (χ1v) is 10.2. The van der Waals surface area contributed by atoms with E-state index in [1.807, 2.05) is 57.2 Å². The van der Waals surface area contributed by atoms with E-state index >= 15 is 0 Å². The maximum Gasteiger partial charge on any atom is 0.407 e. The van der Waals surface area contributed by atoms with E-state index in [2.05, 4.69) is 17.4 Å². The lowest BCUT2D eigenvalue weighted by Crippen LogP contribution is -2.44. The van der Waals surface area contributed by atoms with E-state index in [1.54, 1.807) is 6.92 Å². The zero-order chi connectivity index (χ0) is 21.9. The van der Waals surface area contributed by atoms with Crippen molar-refractivity contribution in [2.24, 2.45) is 0 Å². The van der Waals surface area contributed by atoms with Gasteiger partial charge in [-0.15, -0.1) is 0 Å². The Morgan fingerprint density at radius 1 is 1.03 bits per heavy atom. The second-order valence-electron chi connectivity index (χ2n) is 8.64. The highest BCUT2D eigenvalue weighted by atomic mass is 16.5. The molecular formula is C24H29NO5. The van der Waals surface area contributed by atoms with Crippen LogP contribution in [0.1, 0.15) is 51.2 Å². The third kappa shape index (κ3) is 5.19. The summed E-state index contributed by atoms with van der Waals surface area (Å²) in [5, 5.41) is 11.9. The highest BCUT2D eigenvalue weighted by molar-refractivity contribution is 5.81. The van der Waals surface area contributed by atoms with Crippen molar-refractivity contribution in [2.45, 2.75) is 57.8 Å². The SMILES string of the molecule is C[C@H](C[C@H](NC(=O)OCC1c2ccccc2-c2ccccc21)C(=O)O)OC(C)(C)C. The van der Waals surface area contributed by atoms with Crippen LogP contribution in [0.4, 0.5) is 4.79 Å². The molecule has 1 amide bonds. The van der Waals surface area contributed by atoms with Gasteiger partial charge < -0.3 is 19.9 Å². The third-order valence-electron chi connectivity index (χ3n) is 5.06. The molecule has 30 heavy (non-hydrogen) atoms. The van der Waals surface area contributed by atoms with E-state index in [0.717, 1.165) is 22.3 Å². The Hall–Kier alpha value is -2.86. The number of benzene rings is 2. The molecule has 0 spiro atoms. The summed E-state index contributed by atoms with van der Waals surface area (Å²) in [5.74, 6) is -1.19. The molecule has 0 saturated heterocycles. The number of amides is 1. The monoisotopic (exact) mass is 411 g/mol. The molecule has 1 aliphatic rings. The Morgan fingerprint density at radius 3 is 2.07 bits per heavy atom. The summed E-state index contributed by atoms with van der Waals surface area (Å²) < 4.78 is 11.2. The van der Waals surface area contributed by atoms with E-state index in [9.17, 15) is 14.7 Å². The Kier molecular flexibility index (Phi) is 6.46. The minimum Gasteiger partial charge on any atom is -0.480 e. The van der Waals surface area contributed by atoms with Gasteiger partial charge in [0, 0.05) is 12.3 Å². The maximum atomic E-state index is 12.4. The smallest absolute Gasteiger partial charge is 0.407 e. The Labute approximate surface area is 177 Å². The second kappa shape index (κ2) is 8.88. The molecule has 0 heterocycles. The first kappa shape index (κ1) is 21.8. The van der Waals surface area contributed by atoms with E-state index in [0.29, 0.717) is 0 Å². The molecule has 160 valence electrons. The number of carboxylic acids is 1. The highest BCUT2D eigenvalue weighted by Crippen LogP contribution is 2.44. The number of ether oxygens (including phenoxy) is 2. The van der Waals surface area contributed by atoms with Crippen molar-refractivity contribution in [1.29, 1.82) is 0 Å². The van der Waals surface area contributed by atoms with Crippen LogP contribution >= 0.6 is 0 Å². The number of carbonyl (C=O) groups is 2. The van der Waals surface area contributed by atoms with Gasteiger partial charge in [-0.05, 0) is 49.9 Å². The van der Waals surface area contributed by atoms with Gasteiger partial charge in [0.25, 0.3) is 0 Å². The van der Waals surface area contributed by atoms with E-state index in [4.69, 9.17) is 9.47 Å². The zero-order valence-corrected chi connectivity index (χ0v) is 17.8. The van der Waals surface area contributed by atoms with Crippen LogP contribution in [-0.4, -0.2) is 41.5 Å². The molecule has 0 saturated carbocycles. The van der Waals surface area contributed by atoms with Crippen LogP contribution in [0.3, 0.4) is 0 Å². The van der Waals surface area contributed by atoms with Crippen molar-refractivity contribution < 1.29 is 24.2 Å². The normalized spacial score (nSPS) is 15.1. The number of carbonyl (C=O) groups excluding carboxylic acids is 1. The number of fused-ring (bicyclic) bond motifs is 3. The van der Waals surface area contributed by atoms with Gasteiger partial charge in [0.05, 0.1) is 11.7 Å². The minimum atomic E-state index is -1.12. The van der Waals surface area contributed by atoms with Gasteiger partial charge in [-0.25, -0.2) is 9.59 Å². The van der Waals surface area contributed by atoms with Crippen molar-refractivity contribution in [3.63, 3.8) is 0 Å². The Balaban J connectivity index is 1.63. The van der Waals surface area contributed by atoms with Gasteiger partial charge in [-0.1, -0.05) is 48.5 Å². The molecule has 2 N–H and O–H groups in total. The van der Waals surface area contributed by atoms with Crippen molar-refractivity contribution >= 4 is 12.1 Å². The van der Waals surface area contributed by atoms with Crippen LogP contribution in [0.15, 0.2) is 48.5 Å². The summed E-state index contributed by atoms with van der Waals surface area (Å²) in [6.45, 7) is 7.63. The predicted octanol–water partition coefficient (Wildman–Crippen LogP) is 4.57. The van der Waals surface area contributed by atoms with Gasteiger partial charge in [0.15, 0.2) is 0 Å². The van der Waals surface area contributed by atoms with Crippen LogP contribution < -0.4 is 5.32 Å². The largest absolute Gasteiger partial charge is 0.480 e.